The van der Waals surface area contributed by atoms with Crippen molar-refractivity contribution in [2.75, 3.05) is 13.2 Å². The van der Waals surface area contributed by atoms with Crippen molar-refractivity contribution in [2.45, 2.75) is 45.6 Å². The highest BCUT2D eigenvalue weighted by atomic mass is 35.5. The van der Waals surface area contributed by atoms with Gasteiger partial charge >= 0.3 is 0 Å². The summed E-state index contributed by atoms with van der Waals surface area (Å²) in [6.45, 7) is 6.97. The van der Waals surface area contributed by atoms with E-state index < -0.39 is 11.5 Å². The van der Waals surface area contributed by atoms with Crippen LogP contribution in [-0.4, -0.2) is 45.5 Å². The summed E-state index contributed by atoms with van der Waals surface area (Å²) in [4.78, 5) is 4.04. The van der Waals surface area contributed by atoms with Crippen LogP contribution in [0.3, 0.4) is 0 Å². The summed E-state index contributed by atoms with van der Waals surface area (Å²) in [5.41, 5.74) is 0.532. The van der Waals surface area contributed by atoms with Gasteiger partial charge in [0.05, 0.1) is 25.4 Å². The number of hydrogen-bond donors (Lipinski definition) is 1. The lowest BCUT2D eigenvalue weighted by Crippen LogP contribution is -2.51. The summed E-state index contributed by atoms with van der Waals surface area (Å²) in [5.74, 6) is 0.275. The normalized spacial score (nSPS) is 26.0. The molecule has 0 aliphatic carbocycles. The molecule has 6 nitrogen and oxygen atoms in total. The van der Waals surface area contributed by atoms with Crippen molar-refractivity contribution in [3.63, 3.8) is 0 Å². The van der Waals surface area contributed by atoms with Crippen molar-refractivity contribution in [1.82, 2.24) is 14.8 Å². The second-order valence-electron chi connectivity index (χ2n) is 7.61. The molecule has 142 valence electrons. The van der Waals surface area contributed by atoms with Gasteiger partial charge in [0.2, 0.25) is 0 Å². The van der Waals surface area contributed by atoms with E-state index >= 15 is 0 Å². The molecule has 2 atom stereocenters. The lowest BCUT2D eigenvalue weighted by Gasteiger charge is -2.43. The van der Waals surface area contributed by atoms with Crippen LogP contribution < -0.4 is 0 Å². The number of hydrogen-bond acceptors (Lipinski definition) is 5. The quantitative estimate of drug-likeness (QED) is 0.835. The maximum absolute atomic E-state index is 11.2. The van der Waals surface area contributed by atoms with E-state index in [1.54, 1.807) is 11.0 Å². The lowest BCUT2D eigenvalue weighted by molar-refractivity contribution is -0.262. The zero-order chi connectivity index (χ0) is 18.7. The molecule has 1 N–H and O–H groups in total. The Morgan fingerprint density at radius 2 is 1.92 bits per heavy atom. The van der Waals surface area contributed by atoms with Crippen LogP contribution in [0.15, 0.2) is 36.9 Å². The summed E-state index contributed by atoms with van der Waals surface area (Å²) < 4.78 is 13.4. The Bertz CT molecular complexity index is 683. The van der Waals surface area contributed by atoms with Gasteiger partial charge in [-0.15, -0.1) is 0 Å². The van der Waals surface area contributed by atoms with Crippen LogP contribution in [-0.2, 0) is 15.9 Å². The van der Waals surface area contributed by atoms with Crippen LogP contribution in [0.4, 0.5) is 0 Å². The molecule has 1 saturated heterocycles. The fourth-order valence-corrected chi connectivity index (χ4v) is 3.38. The van der Waals surface area contributed by atoms with E-state index in [1.165, 1.54) is 6.33 Å². The molecule has 1 fully saturated rings. The molecule has 1 aromatic heterocycles. The van der Waals surface area contributed by atoms with Gasteiger partial charge in [-0.3, -0.25) is 0 Å². The number of nitrogens with zero attached hydrogens (tertiary/aromatic N) is 3. The first-order valence-electron chi connectivity index (χ1n) is 8.89. The number of rotatable bonds is 6. The molecule has 2 heterocycles. The van der Waals surface area contributed by atoms with E-state index in [2.05, 4.69) is 23.9 Å². The van der Waals surface area contributed by atoms with E-state index in [0.717, 1.165) is 5.56 Å². The maximum atomic E-state index is 11.2. The monoisotopic (exact) mass is 379 g/mol. The Morgan fingerprint density at radius 3 is 2.46 bits per heavy atom. The van der Waals surface area contributed by atoms with Gasteiger partial charge in [0.15, 0.2) is 6.29 Å². The number of benzene rings is 1. The minimum absolute atomic E-state index is 0.226. The fraction of sp³-hybridized carbons (Fsp3) is 0.579. The topological polar surface area (TPSA) is 69.4 Å². The van der Waals surface area contributed by atoms with E-state index in [1.807, 2.05) is 31.2 Å². The molecule has 0 amide bonds. The van der Waals surface area contributed by atoms with Gasteiger partial charge in [0.25, 0.3) is 0 Å². The third-order valence-electron chi connectivity index (χ3n) is 4.91. The predicted molar refractivity (Wildman–Crippen MR) is 98.9 cm³/mol. The molecule has 3 rings (SSSR count). The number of aliphatic hydroxyl groups is 1. The Balaban J connectivity index is 1.79. The van der Waals surface area contributed by atoms with Gasteiger partial charge in [-0.1, -0.05) is 44.5 Å². The SMILES string of the molecule is CC(C)C1OCC(C)(C(O)C(Cc2ccc(Cl)cc2)n2cncn2)CO1. The molecular weight excluding hydrogens is 354 g/mol. The van der Waals surface area contributed by atoms with Crippen LogP contribution >= 0.6 is 11.6 Å². The molecule has 1 aromatic carbocycles. The van der Waals surface area contributed by atoms with E-state index in [-0.39, 0.29) is 18.2 Å². The third kappa shape index (κ3) is 4.26. The van der Waals surface area contributed by atoms with Crippen LogP contribution in [0.1, 0.15) is 32.4 Å². The van der Waals surface area contributed by atoms with Gasteiger partial charge in [0, 0.05) is 16.4 Å². The van der Waals surface area contributed by atoms with Crippen molar-refractivity contribution in [3.05, 3.63) is 47.5 Å². The highest BCUT2D eigenvalue weighted by Crippen LogP contribution is 2.36. The Kier molecular flexibility index (Phi) is 5.97. The minimum atomic E-state index is -0.715. The average molecular weight is 380 g/mol. The van der Waals surface area contributed by atoms with Crippen molar-refractivity contribution in [1.29, 1.82) is 0 Å². The third-order valence-corrected chi connectivity index (χ3v) is 5.16. The van der Waals surface area contributed by atoms with Crippen LogP contribution in [0.5, 0.6) is 0 Å². The zero-order valence-electron chi connectivity index (χ0n) is 15.4. The smallest absolute Gasteiger partial charge is 0.159 e. The Hall–Kier alpha value is -1.47. The molecule has 1 aliphatic heterocycles. The molecule has 7 heteroatoms. The van der Waals surface area contributed by atoms with E-state index in [0.29, 0.717) is 24.7 Å². The number of halogens is 1. The van der Waals surface area contributed by atoms with Crippen molar-refractivity contribution in [2.24, 2.45) is 11.3 Å². The Labute approximate surface area is 159 Å². The number of aliphatic hydroxyl groups excluding tert-OH is 1. The summed E-state index contributed by atoms with van der Waals surface area (Å²) in [5, 5.41) is 16.2. The van der Waals surface area contributed by atoms with E-state index in [9.17, 15) is 5.11 Å². The summed E-state index contributed by atoms with van der Waals surface area (Å²) in [6, 6.07) is 7.34. The van der Waals surface area contributed by atoms with Crippen molar-refractivity contribution >= 4 is 11.6 Å². The molecule has 0 bridgehead atoms. The Morgan fingerprint density at radius 1 is 1.27 bits per heavy atom. The second-order valence-corrected chi connectivity index (χ2v) is 8.04. The van der Waals surface area contributed by atoms with Crippen LogP contribution in [0.25, 0.3) is 0 Å². The van der Waals surface area contributed by atoms with Crippen LogP contribution in [0, 0.1) is 11.3 Å². The summed E-state index contributed by atoms with van der Waals surface area (Å²) >= 11 is 5.98. The molecule has 1 aliphatic rings. The van der Waals surface area contributed by atoms with Gasteiger partial charge < -0.3 is 14.6 Å². The summed E-state index contributed by atoms with van der Waals surface area (Å²) in [6.07, 6.45) is 2.77. The highest BCUT2D eigenvalue weighted by molar-refractivity contribution is 6.30. The maximum Gasteiger partial charge on any atom is 0.159 e. The number of aromatic nitrogens is 3. The second kappa shape index (κ2) is 8.05. The van der Waals surface area contributed by atoms with Crippen molar-refractivity contribution in [3.8, 4) is 0 Å². The average Bonchev–Trinajstić information content (AvgIpc) is 3.15. The molecule has 2 unspecified atom stereocenters. The zero-order valence-corrected chi connectivity index (χ0v) is 16.1. The fourth-order valence-electron chi connectivity index (χ4n) is 3.26. The molecular formula is C19H26ClN3O3. The van der Waals surface area contributed by atoms with Crippen LogP contribution in [0.2, 0.25) is 5.02 Å². The molecule has 26 heavy (non-hydrogen) atoms. The summed E-state index contributed by atoms with van der Waals surface area (Å²) in [7, 11) is 0. The molecule has 2 aromatic rings. The number of ether oxygens (including phenoxy) is 2. The highest BCUT2D eigenvalue weighted by Gasteiger charge is 2.44. The molecule has 0 radical (unpaired) electrons. The largest absolute Gasteiger partial charge is 0.390 e. The first-order valence-corrected chi connectivity index (χ1v) is 9.27. The minimum Gasteiger partial charge on any atom is -0.390 e. The van der Waals surface area contributed by atoms with Crippen molar-refractivity contribution < 1.29 is 14.6 Å². The first kappa shape index (κ1) is 19.3. The van der Waals surface area contributed by atoms with Gasteiger partial charge in [-0.25, -0.2) is 9.67 Å². The first-order chi connectivity index (χ1) is 12.4. The standard InChI is InChI=1S/C19H26ClN3O3/c1-13(2)18-25-9-19(3,10-26-18)17(24)16(23-12-21-11-22-23)8-14-4-6-15(20)7-5-14/h4-7,11-13,16-18,24H,8-10H2,1-3H3. The van der Waals surface area contributed by atoms with E-state index in [4.69, 9.17) is 21.1 Å². The van der Waals surface area contributed by atoms with Gasteiger partial charge in [-0.2, -0.15) is 5.10 Å². The van der Waals surface area contributed by atoms with Gasteiger partial charge in [-0.05, 0) is 24.1 Å². The lowest BCUT2D eigenvalue weighted by atomic mass is 9.79. The predicted octanol–water partition coefficient (Wildman–Crippen LogP) is 3.11. The molecule has 0 spiro atoms. The van der Waals surface area contributed by atoms with Gasteiger partial charge in [0.1, 0.15) is 12.7 Å². The molecule has 0 saturated carbocycles.